The van der Waals surface area contributed by atoms with Gasteiger partial charge < -0.3 is 4.90 Å². The standard InChI is InChI=1S/C11H16N2/c1-9-7-10(2)12-11(8-9)13-5-3-4-6-13/h7-8H,3-6H2,1-2H3. The molecule has 1 aromatic rings. The summed E-state index contributed by atoms with van der Waals surface area (Å²) in [6, 6.07) is 4.30. The Bertz CT molecular complexity index is 281. The molecule has 2 rings (SSSR count). The van der Waals surface area contributed by atoms with E-state index in [2.05, 4.69) is 35.9 Å². The van der Waals surface area contributed by atoms with Gasteiger partial charge in [-0.05, 0) is 44.4 Å². The number of rotatable bonds is 1. The van der Waals surface area contributed by atoms with Crippen LogP contribution in [0.1, 0.15) is 24.1 Å². The molecule has 70 valence electrons. The highest BCUT2D eigenvalue weighted by atomic mass is 15.2. The van der Waals surface area contributed by atoms with Crippen molar-refractivity contribution in [3.05, 3.63) is 23.4 Å². The third-order valence-electron chi connectivity index (χ3n) is 2.51. The lowest BCUT2D eigenvalue weighted by molar-refractivity contribution is 0.926. The molecule has 0 bridgehead atoms. The lowest BCUT2D eigenvalue weighted by Gasteiger charge is -2.17. The van der Waals surface area contributed by atoms with E-state index in [-0.39, 0.29) is 0 Å². The van der Waals surface area contributed by atoms with Gasteiger partial charge in [-0.1, -0.05) is 0 Å². The van der Waals surface area contributed by atoms with E-state index in [0.717, 1.165) is 11.5 Å². The zero-order chi connectivity index (χ0) is 9.26. The number of aromatic nitrogens is 1. The smallest absolute Gasteiger partial charge is 0.129 e. The van der Waals surface area contributed by atoms with Gasteiger partial charge in [0.05, 0.1) is 0 Å². The fourth-order valence-electron chi connectivity index (χ4n) is 1.93. The molecule has 0 aliphatic carbocycles. The first-order valence-electron chi connectivity index (χ1n) is 4.96. The molecule has 2 nitrogen and oxygen atoms in total. The summed E-state index contributed by atoms with van der Waals surface area (Å²) in [5.74, 6) is 1.16. The van der Waals surface area contributed by atoms with E-state index in [1.807, 2.05) is 0 Å². The first kappa shape index (κ1) is 8.54. The third kappa shape index (κ3) is 1.82. The van der Waals surface area contributed by atoms with Crippen LogP contribution >= 0.6 is 0 Å². The lowest BCUT2D eigenvalue weighted by Crippen LogP contribution is -2.19. The highest BCUT2D eigenvalue weighted by molar-refractivity contribution is 5.42. The van der Waals surface area contributed by atoms with Gasteiger partial charge in [0.25, 0.3) is 0 Å². The van der Waals surface area contributed by atoms with Crippen molar-refractivity contribution in [3.8, 4) is 0 Å². The Balaban J connectivity index is 2.28. The molecule has 0 saturated carbocycles. The fourth-order valence-corrected chi connectivity index (χ4v) is 1.93. The summed E-state index contributed by atoms with van der Waals surface area (Å²) in [6.07, 6.45) is 2.63. The minimum absolute atomic E-state index is 1.13. The average molecular weight is 176 g/mol. The topological polar surface area (TPSA) is 16.1 Å². The maximum atomic E-state index is 4.54. The van der Waals surface area contributed by atoms with Gasteiger partial charge in [-0.2, -0.15) is 0 Å². The molecule has 1 fully saturated rings. The second-order valence-corrected chi connectivity index (χ2v) is 3.84. The van der Waals surface area contributed by atoms with Gasteiger partial charge in [-0.3, -0.25) is 0 Å². The largest absolute Gasteiger partial charge is 0.357 e. The first-order chi connectivity index (χ1) is 6.25. The Kier molecular flexibility index (Phi) is 2.21. The van der Waals surface area contributed by atoms with Crippen molar-refractivity contribution in [1.29, 1.82) is 0 Å². The molecule has 1 aromatic heterocycles. The third-order valence-corrected chi connectivity index (χ3v) is 2.51. The molecule has 0 amide bonds. The Morgan fingerprint density at radius 3 is 2.46 bits per heavy atom. The van der Waals surface area contributed by atoms with E-state index in [0.29, 0.717) is 0 Å². The lowest BCUT2D eigenvalue weighted by atomic mass is 10.2. The summed E-state index contributed by atoms with van der Waals surface area (Å²) in [4.78, 5) is 6.92. The number of pyridine rings is 1. The summed E-state index contributed by atoms with van der Waals surface area (Å²) in [7, 11) is 0. The zero-order valence-electron chi connectivity index (χ0n) is 8.38. The number of hydrogen-bond acceptors (Lipinski definition) is 2. The molecule has 0 spiro atoms. The zero-order valence-corrected chi connectivity index (χ0v) is 8.38. The highest BCUT2D eigenvalue weighted by Crippen LogP contribution is 2.19. The number of hydrogen-bond donors (Lipinski definition) is 0. The molecule has 2 heteroatoms. The van der Waals surface area contributed by atoms with Gasteiger partial charge in [0.2, 0.25) is 0 Å². The second-order valence-electron chi connectivity index (χ2n) is 3.84. The van der Waals surface area contributed by atoms with E-state index >= 15 is 0 Å². The Morgan fingerprint density at radius 2 is 1.85 bits per heavy atom. The van der Waals surface area contributed by atoms with Crippen molar-refractivity contribution in [2.24, 2.45) is 0 Å². The summed E-state index contributed by atoms with van der Waals surface area (Å²) in [5, 5.41) is 0. The van der Waals surface area contributed by atoms with Crippen LogP contribution in [-0.4, -0.2) is 18.1 Å². The van der Waals surface area contributed by atoms with Crippen LogP contribution < -0.4 is 4.90 Å². The van der Waals surface area contributed by atoms with Gasteiger partial charge in [-0.25, -0.2) is 4.98 Å². The van der Waals surface area contributed by atoms with Gasteiger partial charge >= 0.3 is 0 Å². The van der Waals surface area contributed by atoms with Crippen molar-refractivity contribution in [2.45, 2.75) is 26.7 Å². The van der Waals surface area contributed by atoms with Crippen molar-refractivity contribution in [2.75, 3.05) is 18.0 Å². The predicted molar refractivity (Wildman–Crippen MR) is 55.2 cm³/mol. The van der Waals surface area contributed by atoms with Gasteiger partial charge in [0.15, 0.2) is 0 Å². The van der Waals surface area contributed by atoms with Crippen LogP contribution in [0.15, 0.2) is 12.1 Å². The first-order valence-corrected chi connectivity index (χ1v) is 4.96. The van der Waals surface area contributed by atoms with Gasteiger partial charge in [-0.15, -0.1) is 0 Å². The van der Waals surface area contributed by atoms with E-state index in [1.54, 1.807) is 0 Å². The van der Waals surface area contributed by atoms with Crippen LogP contribution in [0.3, 0.4) is 0 Å². The maximum Gasteiger partial charge on any atom is 0.129 e. The fraction of sp³-hybridized carbons (Fsp3) is 0.545. The van der Waals surface area contributed by atoms with Crippen LogP contribution in [0, 0.1) is 13.8 Å². The van der Waals surface area contributed by atoms with Crippen molar-refractivity contribution in [3.63, 3.8) is 0 Å². The van der Waals surface area contributed by atoms with Gasteiger partial charge in [0, 0.05) is 18.8 Å². The molecule has 1 saturated heterocycles. The van der Waals surface area contributed by atoms with Crippen molar-refractivity contribution in [1.82, 2.24) is 4.98 Å². The molecule has 0 atom stereocenters. The average Bonchev–Trinajstić information content (AvgIpc) is 2.53. The molecule has 2 heterocycles. The molecule has 1 aliphatic heterocycles. The van der Waals surface area contributed by atoms with Crippen molar-refractivity contribution >= 4 is 5.82 Å². The second kappa shape index (κ2) is 3.36. The monoisotopic (exact) mass is 176 g/mol. The van der Waals surface area contributed by atoms with E-state index in [9.17, 15) is 0 Å². The van der Waals surface area contributed by atoms with E-state index in [1.165, 1.54) is 31.5 Å². The SMILES string of the molecule is Cc1cc(C)nc(N2CCCC2)c1. The molecule has 0 unspecified atom stereocenters. The molecule has 1 aliphatic rings. The summed E-state index contributed by atoms with van der Waals surface area (Å²) < 4.78 is 0. The summed E-state index contributed by atoms with van der Waals surface area (Å²) in [5.41, 5.74) is 2.44. The molecular weight excluding hydrogens is 160 g/mol. The number of nitrogens with zero attached hydrogens (tertiary/aromatic N) is 2. The molecule has 0 radical (unpaired) electrons. The van der Waals surface area contributed by atoms with Crippen LogP contribution in [0.25, 0.3) is 0 Å². The Morgan fingerprint density at radius 1 is 1.15 bits per heavy atom. The van der Waals surface area contributed by atoms with Crippen LogP contribution in [0.4, 0.5) is 5.82 Å². The molecule has 0 aromatic carbocycles. The molecule has 13 heavy (non-hydrogen) atoms. The number of anilines is 1. The minimum Gasteiger partial charge on any atom is -0.357 e. The highest BCUT2D eigenvalue weighted by Gasteiger charge is 2.13. The Hall–Kier alpha value is -1.05. The van der Waals surface area contributed by atoms with Gasteiger partial charge in [0.1, 0.15) is 5.82 Å². The van der Waals surface area contributed by atoms with Crippen molar-refractivity contribution < 1.29 is 0 Å². The van der Waals surface area contributed by atoms with E-state index in [4.69, 9.17) is 0 Å². The maximum absolute atomic E-state index is 4.54. The molecular formula is C11H16N2. The van der Waals surface area contributed by atoms with Crippen LogP contribution in [-0.2, 0) is 0 Å². The predicted octanol–water partition coefficient (Wildman–Crippen LogP) is 2.30. The molecule has 0 N–H and O–H groups in total. The number of aryl methyl sites for hydroxylation is 2. The summed E-state index contributed by atoms with van der Waals surface area (Å²) >= 11 is 0. The minimum atomic E-state index is 1.13. The Labute approximate surface area is 79.6 Å². The normalized spacial score (nSPS) is 16.6. The quantitative estimate of drug-likeness (QED) is 0.652. The van der Waals surface area contributed by atoms with Crippen LogP contribution in [0.2, 0.25) is 0 Å². The van der Waals surface area contributed by atoms with E-state index < -0.39 is 0 Å². The summed E-state index contributed by atoms with van der Waals surface area (Å²) in [6.45, 7) is 6.55. The van der Waals surface area contributed by atoms with Crippen LogP contribution in [0.5, 0.6) is 0 Å².